The van der Waals surface area contributed by atoms with E-state index in [0.29, 0.717) is 22.2 Å². The SMILES string of the molecule is CN1CCc2ccc(NC(=O)[C@]3(NC(=O)c4ccc(Cl)s4)CCOC3)cc2C(C)(C)C1. The third-order valence-corrected chi connectivity index (χ3v) is 7.36. The van der Waals surface area contributed by atoms with Crippen molar-refractivity contribution in [2.24, 2.45) is 0 Å². The van der Waals surface area contributed by atoms with E-state index in [2.05, 4.69) is 48.6 Å². The zero-order chi connectivity index (χ0) is 22.2. The summed E-state index contributed by atoms with van der Waals surface area (Å²) < 4.78 is 6.04. The Morgan fingerprint density at radius 3 is 2.71 bits per heavy atom. The van der Waals surface area contributed by atoms with E-state index in [9.17, 15) is 9.59 Å². The largest absolute Gasteiger partial charge is 0.378 e. The van der Waals surface area contributed by atoms with Crippen LogP contribution in [0, 0.1) is 0 Å². The molecule has 2 aliphatic heterocycles. The van der Waals surface area contributed by atoms with Crippen molar-refractivity contribution in [2.45, 2.75) is 37.6 Å². The Morgan fingerprint density at radius 1 is 1.23 bits per heavy atom. The quantitative estimate of drug-likeness (QED) is 0.728. The molecule has 166 valence electrons. The standard InChI is InChI=1S/C23H28ClN3O3S/c1-22(2)13-27(3)10-8-15-4-5-16(12-17(15)22)25-21(29)23(9-11-30-14-23)26-20(28)18-6-7-19(24)31-18/h4-7,12H,8-11,13-14H2,1-3H3,(H,25,29)(H,26,28)/t23-/m0/s1. The van der Waals surface area contributed by atoms with Crippen LogP contribution in [-0.4, -0.2) is 55.6 Å². The number of nitrogens with zero attached hydrogens (tertiary/aromatic N) is 1. The molecule has 0 unspecified atom stereocenters. The molecule has 31 heavy (non-hydrogen) atoms. The van der Waals surface area contributed by atoms with Crippen molar-refractivity contribution < 1.29 is 14.3 Å². The van der Waals surface area contributed by atoms with E-state index in [0.717, 1.165) is 25.2 Å². The van der Waals surface area contributed by atoms with Crippen LogP contribution in [-0.2, 0) is 21.4 Å². The van der Waals surface area contributed by atoms with Gasteiger partial charge in [0.05, 0.1) is 15.8 Å². The van der Waals surface area contributed by atoms with Crippen molar-refractivity contribution in [3.8, 4) is 0 Å². The zero-order valence-corrected chi connectivity index (χ0v) is 19.7. The summed E-state index contributed by atoms with van der Waals surface area (Å²) in [5.41, 5.74) is 2.18. The first-order valence-electron chi connectivity index (χ1n) is 10.5. The third kappa shape index (κ3) is 4.65. The summed E-state index contributed by atoms with van der Waals surface area (Å²) in [5, 5.41) is 5.94. The van der Waals surface area contributed by atoms with Gasteiger partial charge in [-0.3, -0.25) is 9.59 Å². The number of benzene rings is 1. The Hall–Kier alpha value is -1.93. The lowest BCUT2D eigenvalue weighted by Gasteiger charge is -2.30. The van der Waals surface area contributed by atoms with Crippen molar-refractivity contribution in [1.82, 2.24) is 10.2 Å². The van der Waals surface area contributed by atoms with Crippen molar-refractivity contribution in [2.75, 3.05) is 38.7 Å². The predicted molar refractivity (Wildman–Crippen MR) is 124 cm³/mol. The number of hydrogen-bond acceptors (Lipinski definition) is 5. The minimum Gasteiger partial charge on any atom is -0.378 e. The van der Waals surface area contributed by atoms with E-state index in [4.69, 9.17) is 16.3 Å². The van der Waals surface area contributed by atoms with Crippen LogP contribution in [0.5, 0.6) is 0 Å². The topological polar surface area (TPSA) is 70.7 Å². The minimum absolute atomic E-state index is 0.0257. The zero-order valence-electron chi connectivity index (χ0n) is 18.1. The number of hydrogen-bond donors (Lipinski definition) is 2. The summed E-state index contributed by atoms with van der Waals surface area (Å²) in [6, 6.07) is 9.47. The molecule has 1 aromatic carbocycles. The first kappa shape index (κ1) is 22.3. The molecule has 4 rings (SSSR count). The Morgan fingerprint density at radius 2 is 2.03 bits per heavy atom. The molecule has 0 spiro atoms. The number of ether oxygens (including phenoxy) is 1. The van der Waals surface area contributed by atoms with Crippen LogP contribution >= 0.6 is 22.9 Å². The maximum absolute atomic E-state index is 13.3. The van der Waals surface area contributed by atoms with Gasteiger partial charge in [0, 0.05) is 37.2 Å². The van der Waals surface area contributed by atoms with Crippen molar-refractivity contribution in [3.63, 3.8) is 0 Å². The lowest BCUT2D eigenvalue weighted by Crippen LogP contribution is -2.57. The summed E-state index contributed by atoms with van der Waals surface area (Å²) in [4.78, 5) is 28.9. The first-order valence-corrected chi connectivity index (χ1v) is 11.7. The van der Waals surface area contributed by atoms with Crippen molar-refractivity contribution in [1.29, 1.82) is 0 Å². The molecule has 8 heteroatoms. The highest BCUT2D eigenvalue weighted by molar-refractivity contribution is 7.18. The highest BCUT2D eigenvalue weighted by Gasteiger charge is 2.44. The first-order chi connectivity index (χ1) is 14.7. The molecule has 2 aromatic rings. The van der Waals surface area contributed by atoms with Gasteiger partial charge in [0.25, 0.3) is 11.8 Å². The molecule has 2 N–H and O–H groups in total. The number of nitrogens with one attached hydrogen (secondary N) is 2. The van der Waals surface area contributed by atoms with Crippen molar-refractivity contribution >= 4 is 40.4 Å². The summed E-state index contributed by atoms with van der Waals surface area (Å²) >= 11 is 7.15. The maximum atomic E-state index is 13.3. The fourth-order valence-electron chi connectivity index (χ4n) is 4.52. The molecule has 2 amide bonds. The van der Waals surface area contributed by atoms with Crippen LogP contribution in [0.2, 0.25) is 4.34 Å². The normalized spacial score (nSPS) is 23.1. The predicted octanol–water partition coefficient (Wildman–Crippen LogP) is 3.69. The third-order valence-electron chi connectivity index (χ3n) is 6.13. The second-order valence-corrected chi connectivity index (χ2v) is 10.9. The van der Waals surface area contributed by atoms with Crippen LogP contribution in [0.15, 0.2) is 30.3 Å². The fraction of sp³-hybridized carbons (Fsp3) is 0.478. The monoisotopic (exact) mass is 461 g/mol. The van der Waals surface area contributed by atoms with Crippen LogP contribution in [0.25, 0.3) is 0 Å². The van der Waals surface area contributed by atoms with Crippen LogP contribution < -0.4 is 10.6 Å². The van der Waals surface area contributed by atoms with Crippen LogP contribution in [0.3, 0.4) is 0 Å². The molecule has 3 heterocycles. The number of rotatable bonds is 4. The Bertz CT molecular complexity index is 998. The molecule has 2 aliphatic rings. The molecule has 0 aliphatic carbocycles. The summed E-state index contributed by atoms with van der Waals surface area (Å²) in [6.07, 6.45) is 1.41. The van der Waals surface area contributed by atoms with E-state index in [1.165, 1.54) is 22.5 Å². The Kier molecular flexibility index (Phi) is 6.14. The number of anilines is 1. The number of halogens is 1. The van der Waals surface area contributed by atoms with Gasteiger partial charge in [0.2, 0.25) is 0 Å². The van der Waals surface area contributed by atoms with Crippen LogP contribution in [0.1, 0.15) is 41.1 Å². The summed E-state index contributed by atoms with van der Waals surface area (Å²) in [7, 11) is 2.14. The van der Waals surface area contributed by atoms with Gasteiger partial charge < -0.3 is 20.3 Å². The number of amides is 2. The van der Waals surface area contributed by atoms with Gasteiger partial charge in [-0.1, -0.05) is 31.5 Å². The molecule has 0 saturated carbocycles. The lowest BCUT2D eigenvalue weighted by molar-refractivity contribution is -0.122. The molecular formula is C23H28ClN3O3S. The van der Waals surface area contributed by atoms with E-state index < -0.39 is 5.54 Å². The van der Waals surface area contributed by atoms with E-state index in [1.54, 1.807) is 12.1 Å². The Balaban J connectivity index is 1.55. The van der Waals surface area contributed by atoms with E-state index in [-0.39, 0.29) is 23.8 Å². The highest BCUT2D eigenvalue weighted by atomic mass is 35.5. The fourth-order valence-corrected chi connectivity index (χ4v) is 5.46. The minimum atomic E-state index is -1.10. The molecule has 1 fully saturated rings. The molecule has 1 aromatic heterocycles. The van der Waals surface area contributed by atoms with Gasteiger partial charge in [-0.15, -0.1) is 11.3 Å². The van der Waals surface area contributed by atoms with Gasteiger partial charge in [0.15, 0.2) is 0 Å². The molecule has 1 atom stereocenters. The number of likely N-dealkylation sites (N-methyl/N-ethyl adjacent to an activating group) is 1. The molecule has 1 saturated heterocycles. The molecular weight excluding hydrogens is 434 g/mol. The molecule has 0 radical (unpaired) electrons. The summed E-state index contributed by atoms with van der Waals surface area (Å²) in [5.74, 6) is -0.576. The second-order valence-electron chi connectivity index (χ2n) is 9.14. The van der Waals surface area contributed by atoms with Gasteiger partial charge in [-0.25, -0.2) is 0 Å². The average molecular weight is 462 g/mol. The van der Waals surface area contributed by atoms with Gasteiger partial charge in [-0.2, -0.15) is 0 Å². The van der Waals surface area contributed by atoms with Gasteiger partial charge >= 0.3 is 0 Å². The Labute approximate surface area is 191 Å². The highest BCUT2D eigenvalue weighted by Crippen LogP contribution is 2.33. The average Bonchev–Trinajstić information content (AvgIpc) is 3.34. The number of carbonyl (C=O) groups is 2. The van der Waals surface area contributed by atoms with E-state index in [1.807, 2.05) is 6.07 Å². The molecule has 0 bridgehead atoms. The van der Waals surface area contributed by atoms with E-state index >= 15 is 0 Å². The second kappa shape index (κ2) is 8.54. The smallest absolute Gasteiger partial charge is 0.262 e. The maximum Gasteiger partial charge on any atom is 0.262 e. The number of carbonyl (C=O) groups excluding carboxylic acids is 2. The van der Waals surface area contributed by atoms with Gasteiger partial charge in [0.1, 0.15) is 5.54 Å². The number of fused-ring (bicyclic) bond motifs is 1. The van der Waals surface area contributed by atoms with Crippen molar-refractivity contribution in [3.05, 3.63) is 50.7 Å². The summed E-state index contributed by atoms with van der Waals surface area (Å²) in [6.45, 7) is 7.00. The van der Waals surface area contributed by atoms with Crippen LogP contribution in [0.4, 0.5) is 5.69 Å². The van der Waals surface area contributed by atoms with Gasteiger partial charge in [-0.05, 0) is 48.9 Å². The number of thiophene rings is 1. The lowest BCUT2D eigenvalue weighted by atomic mass is 9.81. The molecule has 6 nitrogen and oxygen atoms in total.